The van der Waals surface area contributed by atoms with Gasteiger partial charge in [-0.15, -0.1) is 0 Å². The van der Waals surface area contributed by atoms with Crippen LogP contribution < -0.4 is 10.2 Å². The Morgan fingerprint density at radius 1 is 1.67 bits per heavy atom. The summed E-state index contributed by atoms with van der Waals surface area (Å²) in [6, 6.07) is 2.37. The molecule has 1 N–H and O–H groups in total. The van der Waals surface area contributed by atoms with Gasteiger partial charge in [0.2, 0.25) is 0 Å². The van der Waals surface area contributed by atoms with E-state index in [1.807, 2.05) is 6.07 Å². The summed E-state index contributed by atoms with van der Waals surface area (Å²) >= 11 is 9.51. The van der Waals surface area contributed by atoms with Crippen LogP contribution in [-0.4, -0.2) is 30.7 Å². The van der Waals surface area contributed by atoms with Crippen molar-refractivity contribution in [2.24, 2.45) is 0 Å². The topological polar surface area (TPSA) is 28.2 Å². The number of aromatic nitrogens is 1. The molecule has 0 aliphatic carbocycles. The highest BCUT2D eigenvalue weighted by Crippen LogP contribution is 2.26. The first kappa shape index (κ1) is 11.2. The lowest BCUT2D eigenvalue weighted by atomic mass is 10.2. The third kappa shape index (κ3) is 2.62. The van der Waals surface area contributed by atoms with E-state index in [2.05, 4.69) is 38.1 Å². The highest BCUT2D eigenvalue weighted by Gasteiger charge is 2.18. The zero-order valence-electron chi connectivity index (χ0n) is 8.50. The van der Waals surface area contributed by atoms with Crippen LogP contribution in [0.3, 0.4) is 0 Å². The van der Waals surface area contributed by atoms with Crippen LogP contribution in [-0.2, 0) is 0 Å². The Balaban J connectivity index is 2.21. The minimum absolute atomic E-state index is 0.486. The van der Waals surface area contributed by atoms with E-state index in [0.29, 0.717) is 11.1 Å². The van der Waals surface area contributed by atoms with Crippen LogP contribution in [0.5, 0.6) is 0 Å². The fraction of sp³-hybridized carbons (Fsp3) is 0.500. The van der Waals surface area contributed by atoms with Gasteiger partial charge in [0.15, 0.2) is 0 Å². The molecule has 1 aromatic rings. The molecular weight excluding hydrogens is 277 g/mol. The molecule has 0 radical (unpaired) electrons. The molecule has 1 aliphatic rings. The van der Waals surface area contributed by atoms with Crippen molar-refractivity contribution < 1.29 is 0 Å². The lowest BCUT2D eigenvalue weighted by Gasteiger charge is -2.33. The maximum atomic E-state index is 6.16. The van der Waals surface area contributed by atoms with Crippen LogP contribution in [0.1, 0.15) is 6.92 Å². The first-order valence-corrected chi connectivity index (χ1v) is 6.13. The largest absolute Gasteiger partial charge is 0.353 e. The molecule has 1 atom stereocenters. The van der Waals surface area contributed by atoms with E-state index in [1.165, 1.54) is 0 Å². The Morgan fingerprint density at radius 2 is 2.47 bits per heavy atom. The number of halogens is 2. The molecule has 1 aliphatic heterocycles. The molecule has 0 amide bonds. The van der Waals surface area contributed by atoms with Crippen LogP contribution >= 0.6 is 27.5 Å². The summed E-state index contributed by atoms with van der Waals surface area (Å²) in [5.41, 5.74) is 0. The van der Waals surface area contributed by atoms with E-state index in [4.69, 9.17) is 11.6 Å². The SMILES string of the molecule is CC1CN(c2ncc(Br)cc2Cl)CCN1. The fourth-order valence-corrected chi connectivity index (χ4v) is 2.51. The molecule has 0 bridgehead atoms. The number of anilines is 1. The Bertz CT molecular complexity index is 359. The fourth-order valence-electron chi connectivity index (χ4n) is 1.76. The van der Waals surface area contributed by atoms with Gasteiger partial charge in [-0.05, 0) is 28.9 Å². The zero-order chi connectivity index (χ0) is 10.8. The quantitative estimate of drug-likeness (QED) is 0.860. The van der Waals surface area contributed by atoms with E-state index in [0.717, 1.165) is 29.9 Å². The van der Waals surface area contributed by atoms with E-state index in [-0.39, 0.29) is 0 Å². The van der Waals surface area contributed by atoms with Gasteiger partial charge in [0.05, 0.1) is 5.02 Å². The van der Waals surface area contributed by atoms with E-state index >= 15 is 0 Å². The smallest absolute Gasteiger partial charge is 0.147 e. The molecule has 5 heteroatoms. The highest BCUT2D eigenvalue weighted by atomic mass is 79.9. The maximum absolute atomic E-state index is 6.16. The summed E-state index contributed by atoms with van der Waals surface area (Å²) in [6.07, 6.45) is 1.79. The van der Waals surface area contributed by atoms with Crippen molar-refractivity contribution in [3.05, 3.63) is 21.8 Å². The van der Waals surface area contributed by atoms with Gasteiger partial charge in [0, 0.05) is 36.3 Å². The molecule has 2 heterocycles. The molecular formula is C10H13BrClN3. The summed E-state index contributed by atoms with van der Waals surface area (Å²) in [4.78, 5) is 6.57. The summed E-state index contributed by atoms with van der Waals surface area (Å²) in [6.45, 7) is 5.06. The molecule has 2 rings (SSSR count). The van der Waals surface area contributed by atoms with Crippen molar-refractivity contribution in [3.8, 4) is 0 Å². The molecule has 1 aromatic heterocycles. The monoisotopic (exact) mass is 289 g/mol. The molecule has 1 fully saturated rings. The Morgan fingerprint density at radius 3 is 3.13 bits per heavy atom. The van der Waals surface area contributed by atoms with Gasteiger partial charge in [-0.25, -0.2) is 4.98 Å². The number of hydrogen-bond acceptors (Lipinski definition) is 3. The summed E-state index contributed by atoms with van der Waals surface area (Å²) in [5.74, 6) is 0.883. The van der Waals surface area contributed by atoms with Crippen LogP contribution in [0.4, 0.5) is 5.82 Å². The van der Waals surface area contributed by atoms with Crippen molar-refractivity contribution in [2.45, 2.75) is 13.0 Å². The maximum Gasteiger partial charge on any atom is 0.147 e. The molecule has 0 saturated carbocycles. The van der Waals surface area contributed by atoms with Gasteiger partial charge in [0.1, 0.15) is 5.82 Å². The summed E-state index contributed by atoms with van der Waals surface area (Å²) in [5, 5.41) is 4.10. The average Bonchev–Trinajstić information content (AvgIpc) is 2.17. The second kappa shape index (κ2) is 4.68. The van der Waals surface area contributed by atoms with Crippen LogP contribution in [0.15, 0.2) is 16.7 Å². The second-order valence-corrected chi connectivity index (χ2v) is 5.08. The molecule has 15 heavy (non-hydrogen) atoms. The predicted octanol–water partition coefficient (Wildman–Crippen LogP) is 2.30. The highest BCUT2D eigenvalue weighted by molar-refractivity contribution is 9.10. The van der Waals surface area contributed by atoms with Crippen LogP contribution in [0.25, 0.3) is 0 Å². The van der Waals surface area contributed by atoms with Crippen molar-refractivity contribution in [3.63, 3.8) is 0 Å². The number of hydrogen-bond donors (Lipinski definition) is 1. The lowest BCUT2D eigenvalue weighted by Crippen LogP contribution is -2.49. The normalized spacial score (nSPS) is 21.8. The molecule has 0 spiro atoms. The minimum atomic E-state index is 0.486. The Labute approximate surface area is 103 Å². The first-order chi connectivity index (χ1) is 7.16. The van der Waals surface area contributed by atoms with Gasteiger partial charge < -0.3 is 10.2 Å². The van der Waals surface area contributed by atoms with Crippen molar-refractivity contribution in [1.29, 1.82) is 0 Å². The van der Waals surface area contributed by atoms with E-state index in [9.17, 15) is 0 Å². The van der Waals surface area contributed by atoms with Crippen molar-refractivity contribution in [1.82, 2.24) is 10.3 Å². The number of rotatable bonds is 1. The summed E-state index contributed by atoms with van der Waals surface area (Å²) < 4.78 is 0.916. The van der Waals surface area contributed by atoms with E-state index < -0.39 is 0 Å². The number of nitrogens with one attached hydrogen (secondary N) is 1. The Hall–Kier alpha value is -0.320. The lowest BCUT2D eigenvalue weighted by molar-refractivity contribution is 0.482. The van der Waals surface area contributed by atoms with Crippen molar-refractivity contribution in [2.75, 3.05) is 24.5 Å². The summed E-state index contributed by atoms with van der Waals surface area (Å²) in [7, 11) is 0. The molecule has 0 aromatic carbocycles. The van der Waals surface area contributed by atoms with Gasteiger partial charge in [-0.2, -0.15) is 0 Å². The molecule has 82 valence electrons. The molecule has 3 nitrogen and oxygen atoms in total. The number of piperazine rings is 1. The van der Waals surface area contributed by atoms with Gasteiger partial charge >= 0.3 is 0 Å². The third-order valence-corrected chi connectivity index (χ3v) is 3.17. The first-order valence-electron chi connectivity index (χ1n) is 4.96. The molecule has 1 saturated heterocycles. The van der Waals surface area contributed by atoms with Gasteiger partial charge in [-0.1, -0.05) is 11.6 Å². The number of pyridine rings is 1. The molecule has 1 unspecified atom stereocenters. The minimum Gasteiger partial charge on any atom is -0.353 e. The zero-order valence-corrected chi connectivity index (χ0v) is 10.8. The standard InChI is InChI=1S/C10H13BrClN3/c1-7-6-15(3-2-13-7)10-9(12)4-8(11)5-14-10/h4-5,7,13H,2-3,6H2,1H3. The van der Waals surface area contributed by atoms with Crippen LogP contribution in [0.2, 0.25) is 5.02 Å². The Kier molecular flexibility index (Phi) is 3.49. The van der Waals surface area contributed by atoms with Gasteiger partial charge in [0.25, 0.3) is 0 Å². The second-order valence-electron chi connectivity index (χ2n) is 3.76. The van der Waals surface area contributed by atoms with E-state index in [1.54, 1.807) is 6.20 Å². The van der Waals surface area contributed by atoms with Crippen LogP contribution in [0, 0.1) is 0 Å². The third-order valence-electron chi connectivity index (χ3n) is 2.46. The van der Waals surface area contributed by atoms with Gasteiger partial charge in [-0.3, -0.25) is 0 Å². The number of nitrogens with zero attached hydrogens (tertiary/aromatic N) is 2. The average molecular weight is 291 g/mol. The predicted molar refractivity (Wildman–Crippen MR) is 66.6 cm³/mol. The van der Waals surface area contributed by atoms with Crippen molar-refractivity contribution >= 4 is 33.3 Å².